The lowest BCUT2D eigenvalue weighted by atomic mass is 9.95. The van der Waals surface area contributed by atoms with Crippen molar-refractivity contribution >= 4 is 11.5 Å². The number of hydrogen-bond donors (Lipinski definition) is 1. The van der Waals surface area contributed by atoms with E-state index < -0.39 is 0 Å². The number of nitrogens with one attached hydrogen (secondary N) is 1. The minimum absolute atomic E-state index is 0.453. The SMILES string of the molecule is C(#Cc1ccc(-c2nc3cnccn3c2NC2CCCCC2)o1)c1ccccn1. The van der Waals surface area contributed by atoms with Crippen LogP contribution in [0.1, 0.15) is 43.6 Å². The predicted octanol–water partition coefficient (Wildman–Crippen LogP) is 4.53. The third-order valence-electron chi connectivity index (χ3n) is 5.19. The number of imidazole rings is 1. The van der Waals surface area contributed by atoms with Gasteiger partial charge in [-0.05, 0) is 48.9 Å². The lowest BCUT2D eigenvalue weighted by Crippen LogP contribution is -2.23. The molecular formula is C23H21N5O. The number of furan rings is 1. The first-order valence-electron chi connectivity index (χ1n) is 9.99. The van der Waals surface area contributed by atoms with Crippen LogP contribution in [0.5, 0.6) is 0 Å². The third kappa shape index (κ3) is 3.72. The van der Waals surface area contributed by atoms with Crippen molar-refractivity contribution in [1.82, 2.24) is 19.4 Å². The van der Waals surface area contributed by atoms with Crippen molar-refractivity contribution in [3.63, 3.8) is 0 Å². The molecule has 1 aliphatic carbocycles. The monoisotopic (exact) mass is 383 g/mol. The summed E-state index contributed by atoms with van der Waals surface area (Å²) in [6, 6.07) is 9.90. The van der Waals surface area contributed by atoms with Crippen molar-refractivity contribution in [2.24, 2.45) is 0 Å². The van der Waals surface area contributed by atoms with E-state index in [2.05, 4.69) is 27.1 Å². The molecule has 0 amide bonds. The third-order valence-corrected chi connectivity index (χ3v) is 5.19. The second kappa shape index (κ2) is 7.80. The molecule has 0 radical (unpaired) electrons. The summed E-state index contributed by atoms with van der Waals surface area (Å²) in [6.45, 7) is 0. The Kier molecular flexibility index (Phi) is 4.71. The molecule has 6 nitrogen and oxygen atoms in total. The molecule has 5 rings (SSSR count). The fourth-order valence-electron chi connectivity index (χ4n) is 3.75. The first-order valence-corrected chi connectivity index (χ1v) is 9.99. The van der Waals surface area contributed by atoms with Gasteiger partial charge in [-0.2, -0.15) is 0 Å². The molecule has 0 bridgehead atoms. The quantitative estimate of drug-likeness (QED) is 0.527. The molecule has 29 heavy (non-hydrogen) atoms. The van der Waals surface area contributed by atoms with Crippen molar-refractivity contribution in [2.45, 2.75) is 38.1 Å². The van der Waals surface area contributed by atoms with E-state index in [-0.39, 0.29) is 0 Å². The van der Waals surface area contributed by atoms with Crippen LogP contribution in [0, 0.1) is 11.8 Å². The highest BCUT2D eigenvalue weighted by Gasteiger charge is 2.21. The fraction of sp³-hybridized carbons (Fsp3) is 0.261. The molecule has 0 atom stereocenters. The maximum Gasteiger partial charge on any atom is 0.178 e. The first kappa shape index (κ1) is 17.5. The Balaban J connectivity index is 1.49. The Morgan fingerprint density at radius 2 is 1.97 bits per heavy atom. The van der Waals surface area contributed by atoms with Crippen LogP contribution in [-0.4, -0.2) is 25.4 Å². The molecule has 1 saturated carbocycles. The molecule has 0 saturated heterocycles. The van der Waals surface area contributed by atoms with Gasteiger partial charge in [0.25, 0.3) is 0 Å². The molecule has 4 heterocycles. The van der Waals surface area contributed by atoms with E-state index in [1.165, 1.54) is 32.1 Å². The Labute approximate surface area is 169 Å². The minimum Gasteiger partial charge on any atom is -0.446 e. The molecule has 144 valence electrons. The summed E-state index contributed by atoms with van der Waals surface area (Å²) in [7, 11) is 0. The smallest absolute Gasteiger partial charge is 0.178 e. The number of fused-ring (bicyclic) bond motifs is 1. The molecule has 0 aromatic carbocycles. The molecule has 0 spiro atoms. The summed E-state index contributed by atoms with van der Waals surface area (Å²) < 4.78 is 8.05. The number of aromatic nitrogens is 4. The van der Waals surface area contributed by atoms with Gasteiger partial charge in [-0.15, -0.1) is 0 Å². The second-order valence-electron chi connectivity index (χ2n) is 7.22. The Bertz CT molecular complexity index is 1180. The Morgan fingerprint density at radius 1 is 1.03 bits per heavy atom. The molecule has 0 unspecified atom stereocenters. The Morgan fingerprint density at radius 3 is 2.83 bits per heavy atom. The van der Waals surface area contributed by atoms with Crippen LogP contribution in [-0.2, 0) is 0 Å². The molecule has 4 aromatic heterocycles. The van der Waals surface area contributed by atoms with Crippen LogP contribution < -0.4 is 5.32 Å². The van der Waals surface area contributed by atoms with Gasteiger partial charge in [-0.3, -0.25) is 9.38 Å². The summed E-state index contributed by atoms with van der Waals surface area (Å²) >= 11 is 0. The molecule has 1 N–H and O–H groups in total. The van der Waals surface area contributed by atoms with Crippen molar-refractivity contribution in [1.29, 1.82) is 0 Å². The summed E-state index contributed by atoms with van der Waals surface area (Å²) in [6.07, 6.45) is 13.4. The topological polar surface area (TPSA) is 68.2 Å². The lowest BCUT2D eigenvalue weighted by Gasteiger charge is -2.23. The zero-order chi connectivity index (χ0) is 19.5. The zero-order valence-corrected chi connectivity index (χ0v) is 16.0. The Hall–Kier alpha value is -3.59. The van der Waals surface area contributed by atoms with Gasteiger partial charge in [0.15, 0.2) is 17.2 Å². The molecule has 4 aromatic rings. The molecule has 6 heteroatoms. The van der Waals surface area contributed by atoms with Crippen LogP contribution in [0.3, 0.4) is 0 Å². The van der Waals surface area contributed by atoms with Crippen LogP contribution in [0.25, 0.3) is 17.1 Å². The van der Waals surface area contributed by atoms with Gasteiger partial charge in [-0.1, -0.05) is 25.3 Å². The van der Waals surface area contributed by atoms with Crippen LogP contribution in [0.4, 0.5) is 5.82 Å². The standard InChI is InChI=1S/C23H21N5O/c1-2-7-18(8-3-1)26-23-22(27-21-16-24-14-15-28(21)23)20-12-11-19(29-20)10-9-17-6-4-5-13-25-17/h4-6,11-16,18,26H,1-3,7-8H2. The number of rotatable bonds is 3. The highest BCUT2D eigenvalue weighted by atomic mass is 16.3. The highest BCUT2D eigenvalue weighted by molar-refractivity contribution is 5.73. The van der Waals surface area contributed by atoms with Gasteiger partial charge in [-0.25, -0.2) is 9.97 Å². The van der Waals surface area contributed by atoms with E-state index >= 15 is 0 Å². The van der Waals surface area contributed by atoms with Gasteiger partial charge in [0, 0.05) is 24.6 Å². The van der Waals surface area contributed by atoms with Crippen molar-refractivity contribution in [3.8, 4) is 23.3 Å². The number of hydrogen-bond acceptors (Lipinski definition) is 5. The van der Waals surface area contributed by atoms with Gasteiger partial charge in [0.2, 0.25) is 0 Å². The first-order chi connectivity index (χ1) is 14.4. The molecule has 1 aliphatic rings. The molecule has 1 fully saturated rings. The van der Waals surface area contributed by atoms with Crippen molar-refractivity contribution in [2.75, 3.05) is 5.32 Å². The van der Waals surface area contributed by atoms with E-state index in [0.29, 0.717) is 23.3 Å². The van der Waals surface area contributed by atoms with E-state index in [1.807, 2.05) is 40.9 Å². The summed E-state index contributed by atoms with van der Waals surface area (Å²) in [5.41, 5.74) is 2.29. The van der Waals surface area contributed by atoms with Gasteiger partial charge in [0.1, 0.15) is 17.2 Å². The fourth-order valence-corrected chi connectivity index (χ4v) is 3.75. The van der Waals surface area contributed by atoms with E-state index in [0.717, 1.165) is 17.2 Å². The maximum absolute atomic E-state index is 6.01. The second-order valence-corrected chi connectivity index (χ2v) is 7.22. The highest BCUT2D eigenvalue weighted by Crippen LogP contribution is 2.32. The lowest BCUT2D eigenvalue weighted by molar-refractivity contribution is 0.461. The summed E-state index contributed by atoms with van der Waals surface area (Å²) in [4.78, 5) is 13.2. The largest absolute Gasteiger partial charge is 0.446 e. The molecule has 0 aliphatic heterocycles. The number of anilines is 1. The maximum atomic E-state index is 6.01. The average molecular weight is 383 g/mol. The van der Waals surface area contributed by atoms with Crippen LogP contribution >= 0.6 is 0 Å². The van der Waals surface area contributed by atoms with Crippen LogP contribution in [0.15, 0.2) is 59.5 Å². The van der Waals surface area contributed by atoms with Gasteiger partial charge >= 0.3 is 0 Å². The number of pyridine rings is 1. The average Bonchev–Trinajstić information content (AvgIpc) is 3.39. The van der Waals surface area contributed by atoms with Gasteiger partial charge in [0.05, 0.1) is 6.20 Å². The van der Waals surface area contributed by atoms with Crippen molar-refractivity contribution in [3.05, 3.63) is 66.6 Å². The predicted molar refractivity (Wildman–Crippen MR) is 111 cm³/mol. The summed E-state index contributed by atoms with van der Waals surface area (Å²) in [5, 5.41) is 3.70. The number of nitrogens with zero attached hydrogens (tertiary/aromatic N) is 4. The normalized spacial score (nSPS) is 14.5. The zero-order valence-electron chi connectivity index (χ0n) is 16.0. The molecular weight excluding hydrogens is 362 g/mol. The van der Waals surface area contributed by atoms with E-state index in [9.17, 15) is 0 Å². The minimum atomic E-state index is 0.453. The van der Waals surface area contributed by atoms with Crippen molar-refractivity contribution < 1.29 is 4.42 Å². The van der Waals surface area contributed by atoms with E-state index in [4.69, 9.17) is 9.40 Å². The van der Waals surface area contributed by atoms with Crippen LogP contribution in [0.2, 0.25) is 0 Å². The van der Waals surface area contributed by atoms with E-state index in [1.54, 1.807) is 18.6 Å². The summed E-state index contributed by atoms with van der Waals surface area (Å²) in [5.74, 6) is 8.30. The van der Waals surface area contributed by atoms with Gasteiger partial charge < -0.3 is 9.73 Å².